The van der Waals surface area contributed by atoms with Crippen LogP contribution >= 0.6 is 0 Å². The number of piperazine rings is 1. The molecule has 1 N–H and O–H groups in total. The number of amides is 1. The summed E-state index contributed by atoms with van der Waals surface area (Å²) in [5.41, 5.74) is 0. The van der Waals surface area contributed by atoms with Gasteiger partial charge >= 0.3 is 0 Å². The maximum absolute atomic E-state index is 12.0. The Bertz CT molecular complexity index is 378. The molecule has 1 fully saturated rings. The van der Waals surface area contributed by atoms with Crippen molar-refractivity contribution in [3.8, 4) is 0 Å². The number of ketones is 1. The maximum Gasteiger partial charge on any atom is 0.236 e. The molecule has 0 bridgehead atoms. The lowest BCUT2D eigenvalue weighted by Crippen LogP contribution is -2.50. The normalized spacial score (nSPS) is 14.8. The number of nitrogens with one attached hydrogen (secondary N) is 1. The molecule has 1 aliphatic heterocycles. The molecule has 0 atom stereocenters. The number of likely N-dealkylation sites (N-methyl/N-ethyl adjacent to an activating group) is 1. The highest BCUT2D eigenvalue weighted by molar-refractivity contribution is 5.80. The Hall–Kier alpha value is -0.940. The summed E-state index contributed by atoms with van der Waals surface area (Å²) in [6, 6.07) is 0. The summed E-state index contributed by atoms with van der Waals surface area (Å²) in [5.74, 6) is 0.833. The predicted molar refractivity (Wildman–Crippen MR) is 115 cm³/mol. The van der Waals surface area contributed by atoms with Crippen molar-refractivity contribution in [2.75, 3.05) is 45.8 Å². The summed E-state index contributed by atoms with van der Waals surface area (Å²) < 4.78 is 0. The Morgan fingerprint density at radius 2 is 1.44 bits per heavy atom. The van der Waals surface area contributed by atoms with Gasteiger partial charge in [-0.2, -0.15) is 0 Å². The molecule has 0 aromatic carbocycles. The molecule has 1 aliphatic rings. The molecule has 0 aliphatic carbocycles. The number of Topliss-reactive ketones (excluding diaryl/α,β-unsaturated/α-hetero) is 1. The summed E-state index contributed by atoms with van der Waals surface area (Å²) in [5, 5.41) is 3.11. The summed E-state index contributed by atoms with van der Waals surface area (Å²) in [7, 11) is 0. The number of hydrogen-bond donors (Lipinski definition) is 1. The molecule has 0 spiro atoms. The van der Waals surface area contributed by atoms with Crippen molar-refractivity contribution in [1.82, 2.24) is 15.1 Å². The smallest absolute Gasteiger partial charge is 0.236 e. The number of carbonyl (C=O) groups excluding carboxylic acids is 2. The van der Waals surface area contributed by atoms with E-state index in [2.05, 4.69) is 10.2 Å². The lowest BCUT2D eigenvalue weighted by molar-refractivity contribution is -0.132. The van der Waals surface area contributed by atoms with Gasteiger partial charge in [-0.3, -0.25) is 14.5 Å². The molecule has 160 valence electrons. The van der Waals surface area contributed by atoms with E-state index in [1.807, 2.05) is 39.5 Å². The molecule has 27 heavy (non-hydrogen) atoms. The zero-order chi connectivity index (χ0) is 20.5. The third-order valence-electron chi connectivity index (χ3n) is 5.04. The fourth-order valence-corrected chi connectivity index (χ4v) is 3.20. The van der Waals surface area contributed by atoms with Crippen LogP contribution in [0.1, 0.15) is 79.6 Å². The van der Waals surface area contributed by atoms with Crippen molar-refractivity contribution in [3.05, 3.63) is 0 Å². The molecule has 0 unspecified atom stereocenters. The summed E-state index contributed by atoms with van der Waals surface area (Å²) in [6.45, 7) is 16.2. The Kier molecular flexibility index (Phi) is 16.6. The molecule has 5 heteroatoms. The van der Waals surface area contributed by atoms with Gasteiger partial charge in [-0.1, -0.05) is 60.3 Å². The Morgan fingerprint density at radius 3 is 2.00 bits per heavy atom. The van der Waals surface area contributed by atoms with Crippen molar-refractivity contribution in [3.63, 3.8) is 0 Å². The lowest BCUT2D eigenvalue weighted by atomic mass is 10.0. The molecule has 1 heterocycles. The fourth-order valence-electron chi connectivity index (χ4n) is 3.20. The number of hydrogen-bond acceptors (Lipinski definition) is 4. The van der Waals surface area contributed by atoms with E-state index < -0.39 is 0 Å². The molecule has 1 rings (SSSR count). The van der Waals surface area contributed by atoms with Crippen LogP contribution in [-0.4, -0.2) is 67.3 Å². The molecule has 1 amide bonds. The molecule has 0 aromatic rings. The lowest BCUT2D eigenvalue weighted by Gasteiger charge is -2.34. The Labute approximate surface area is 168 Å². The first kappa shape index (κ1) is 26.1. The number of unbranched alkanes of at least 4 members (excludes halogenated alkanes) is 5. The predicted octanol–water partition coefficient (Wildman–Crippen LogP) is 3.72. The summed E-state index contributed by atoms with van der Waals surface area (Å²) in [6.07, 6.45) is 8.04. The van der Waals surface area contributed by atoms with Gasteiger partial charge in [0.05, 0.1) is 6.54 Å². The zero-order valence-corrected chi connectivity index (χ0v) is 18.7. The molecule has 5 nitrogen and oxygen atoms in total. The largest absolute Gasteiger partial charge is 0.339 e. The quantitative estimate of drug-likeness (QED) is 0.493. The minimum Gasteiger partial charge on any atom is -0.339 e. The van der Waals surface area contributed by atoms with E-state index in [4.69, 9.17) is 0 Å². The first-order valence-corrected chi connectivity index (χ1v) is 11.3. The number of carbonyl (C=O) groups is 2. The Morgan fingerprint density at radius 1 is 0.889 bits per heavy atom. The van der Waals surface area contributed by atoms with Crippen molar-refractivity contribution in [1.29, 1.82) is 0 Å². The van der Waals surface area contributed by atoms with Crippen molar-refractivity contribution < 1.29 is 9.59 Å². The average molecular weight is 384 g/mol. The Balaban J connectivity index is 0.00000326. The molecule has 1 saturated heterocycles. The minimum atomic E-state index is 0.193. The van der Waals surface area contributed by atoms with E-state index in [1.165, 1.54) is 32.1 Å². The van der Waals surface area contributed by atoms with Gasteiger partial charge in [0, 0.05) is 38.5 Å². The van der Waals surface area contributed by atoms with E-state index in [1.54, 1.807) is 0 Å². The summed E-state index contributed by atoms with van der Waals surface area (Å²) >= 11 is 0. The third-order valence-corrected chi connectivity index (χ3v) is 5.04. The molecule has 0 aromatic heterocycles. The molecule has 0 radical (unpaired) electrons. The van der Waals surface area contributed by atoms with Gasteiger partial charge in [-0.25, -0.2) is 0 Å². The van der Waals surface area contributed by atoms with Gasteiger partial charge < -0.3 is 10.2 Å². The average Bonchev–Trinajstić information content (AvgIpc) is 2.69. The molecular weight excluding hydrogens is 338 g/mol. The van der Waals surface area contributed by atoms with Gasteiger partial charge in [0.15, 0.2) is 0 Å². The highest BCUT2D eigenvalue weighted by atomic mass is 16.2. The number of rotatable bonds is 13. The van der Waals surface area contributed by atoms with Gasteiger partial charge in [0.2, 0.25) is 5.91 Å². The highest BCUT2D eigenvalue weighted by Crippen LogP contribution is 2.11. The van der Waals surface area contributed by atoms with E-state index >= 15 is 0 Å². The van der Waals surface area contributed by atoms with Gasteiger partial charge in [-0.05, 0) is 25.9 Å². The van der Waals surface area contributed by atoms with Crippen LogP contribution < -0.4 is 5.32 Å². The van der Waals surface area contributed by atoms with Crippen LogP contribution in [0.25, 0.3) is 0 Å². The second-order valence-electron chi connectivity index (χ2n) is 7.50. The SMILES string of the molecule is CC.CCNCC(=O)N1CCN(CCCCCCCCC(=O)C(C)C)CC1. The van der Waals surface area contributed by atoms with Crippen molar-refractivity contribution >= 4 is 11.7 Å². The van der Waals surface area contributed by atoms with Crippen LogP contribution in [0.15, 0.2) is 0 Å². The second-order valence-corrected chi connectivity index (χ2v) is 7.50. The fraction of sp³-hybridized carbons (Fsp3) is 0.909. The molecule has 0 saturated carbocycles. The first-order valence-electron chi connectivity index (χ1n) is 11.3. The van der Waals surface area contributed by atoms with Crippen molar-refractivity contribution in [2.45, 2.75) is 79.6 Å². The van der Waals surface area contributed by atoms with Gasteiger partial charge in [0.25, 0.3) is 0 Å². The topological polar surface area (TPSA) is 52.7 Å². The standard InChI is InChI=1S/C20H39N3O2.C2H6/c1-4-21-17-20(25)23-15-13-22(14-16-23)12-10-8-6-5-7-9-11-19(24)18(2)3;1-2/h18,21H,4-17H2,1-3H3;1-2H3. The van der Waals surface area contributed by atoms with Gasteiger partial charge in [0.1, 0.15) is 5.78 Å². The number of nitrogens with zero attached hydrogens (tertiary/aromatic N) is 2. The van der Waals surface area contributed by atoms with Crippen LogP contribution in [0.3, 0.4) is 0 Å². The highest BCUT2D eigenvalue weighted by Gasteiger charge is 2.19. The van der Waals surface area contributed by atoms with Crippen LogP contribution in [0.2, 0.25) is 0 Å². The van der Waals surface area contributed by atoms with E-state index in [0.717, 1.165) is 52.1 Å². The van der Waals surface area contributed by atoms with Crippen molar-refractivity contribution in [2.24, 2.45) is 5.92 Å². The minimum absolute atomic E-state index is 0.193. The zero-order valence-electron chi connectivity index (χ0n) is 18.7. The summed E-state index contributed by atoms with van der Waals surface area (Å²) in [4.78, 5) is 28.0. The third kappa shape index (κ3) is 13.0. The van der Waals surface area contributed by atoms with Crippen LogP contribution in [0.4, 0.5) is 0 Å². The second kappa shape index (κ2) is 17.2. The van der Waals surface area contributed by atoms with Gasteiger partial charge in [-0.15, -0.1) is 0 Å². The van der Waals surface area contributed by atoms with Crippen LogP contribution in [0.5, 0.6) is 0 Å². The van der Waals surface area contributed by atoms with Crippen LogP contribution in [-0.2, 0) is 9.59 Å². The van der Waals surface area contributed by atoms with Crippen LogP contribution in [0, 0.1) is 5.92 Å². The monoisotopic (exact) mass is 383 g/mol. The maximum atomic E-state index is 12.0. The van der Waals surface area contributed by atoms with E-state index in [0.29, 0.717) is 12.3 Å². The first-order chi connectivity index (χ1) is 13.0. The molecular formula is C22H45N3O2. The van der Waals surface area contributed by atoms with E-state index in [-0.39, 0.29) is 11.8 Å². The van der Waals surface area contributed by atoms with E-state index in [9.17, 15) is 9.59 Å².